The number of carboxylic acids is 1. The van der Waals surface area contributed by atoms with Crippen LogP contribution in [-0.4, -0.2) is 21.0 Å². The van der Waals surface area contributed by atoms with Gasteiger partial charge in [0.05, 0.1) is 10.4 Å². The summed E-state index contributed by atoms with van der Waals surface area (Å²) in [6, 6.07) is 6.15. The maximum atomic E-state index is 10.9. The summed E-state index contributed by atoms with van der Waals surface area (Å²) in [6.07, 6.45) is 0. The number of carboxylic acid groups (broad SMARTS) is 1. The Balaban J connectivity index is 2.10. The van der Waals surface area contributed by atoms with Crippen molar-refractivity contribution in [2.45, 2.75) is 6.54 Å². The van der Waals surface area contributed by atoms with E-state index in [2.05, 4.69) is 10.3 Å². The number of nitrogens with zero attached hydrogens (tertiary/aromatic N) is 2. The molecule has 0 saturated carbocycles. The predicted molar refractivity (Wildman–Crippen MR) is 69.5 cm³/mol. The van der Waals surface area contributed by atoms with Gasteiger partial charge in [-0.1, -0.05) is 12.1 Å². The van der Waals surface area contributed by atoms with Crippen molar-refractivity contribution in [1.82, 2.24) is 4.98 Å². The molecular formula is C11H9N3O4S. The lowest BCUT2D eigenvalue weighted by molar-refractivity contribution is -0.384. The molecule has 0 atom stereocenters. The second kappa shape index (κ2) is 5.44. The molecule has 0 aliphatic rings. The fourth-order valence-electron chi connectivity index (χ4n) is 1.49. The van der Waals surface area contributed by atoms with Crippen molar-refractivity contribution in [3.05, 3.63) is 51.1 Å². The predicted octanol–water partition coefficient (Wildman–Crippen LogP) is 2.36. The van der Waals surface area contributed by atoms with Gasteiger partial charge in [-0.05, 0) is 5.56 Å². The quantitative estimate of drug-likeness (QED) is 0.643. The van der Waals surface area contributed by atoms with Gasteiger partial charge < -0.3 is 10.4 Å². The standard InChI is InChI=1S/C11H9N3O4S/c15-11(16)9-10(19-6-13-9)12-5-7-2-1-3-8(4-7)14(17)18/h1-4,6,12H,5H2,(H,15,16). The molecule has 0 fully saturated rings. The summed E-state index contributed by atoms with van der Waals surface area (Å²) < 4.78 is 0. The van der Waals surface area contributed by atoms with Crippen LogP contribution in [0, 0.1) is 10.1 Å². The molecule has 0 spiro atoms. The molecule has 98 valence electrons. The number of aromatic nitrogens is 1. The van der Waals surface area contributed by atoms with Gasteiger partial charge in [-0.25, -0.2) is 9.78 Å². The van der Waals surface area contributed by atoms with Crippen LogP contribution < -0.4 is 5.32 Å². The van der Waals surface area contributed by atoms with E-state index in [1.165, 1.54) is 29.0 Å². The molecule has 8 heteroatoms. The largest absolute Gasteiger partial charge is 0.476 e. The van der Waals surface area contributed by atoms with E-state index in [4.69, 9.17) is 5.11 Å². The molecule has 1 aromatic heterocycles. The van der Waals surface area contributed by atoms with E-state index in [0.29, 0.717) is 17.1 Å². The molecule has 2 rings (SSSR count). The lowest BCUT2D eigenvalue weighted by Crippen LogP contribution is -2.04. The van der Waals surface area contributed by atoms with Gasteiger partial charge in [0.1, 0.15) is 5.00 Å². The van der Waals surface area contributed by atoms with Crippen LogP contribution in [0.1, 0.15) is 16.1 Å². The van der Waals surface area contributed by atoms with Gasteiger partial charge in [0.2, 0.25) is 0 Å². The third-order valence-corrected chi connectivity index (χ3v) is 3.13. The number of nitro groups is 1. The summed E-state index contributed by atoms with van der Waals surface area (Å²) >= 11 is 1.17. The monoisotopic (exact) mass is 279 g/mol. The zero-order valence-corrected chi connectivity index (χ0v) is 10.4. The van der Waals surface area contributed by atoms with Gasteiger partial charge in [0, 0.05) is 18.7 Å². The van der Waals surface area contributed by atoms with Crippen molar-refractivity contribution >= 4 is 28.0 Å². The van der Waals surface area contributed by atoms with Crippen LogP contribution in [0.15, 0.2) is 29.8 Å². The number of benzene rings is 1. The van der Waals surface area contributed by atoms with Crippen LogP contribution in [0.4, 0.5) is 10.7 Å². The number of non-ortho nitro benzene ring substituents is 1. The Hall–Kier alpha value is -2.48. The van der Waals surface area contributed by atoms with E-state index < -0.39 is 10.9 Å². The smallest absolute Gasteiger partial charge is 0.357 e. The lowest BCUT2D eigenvalue weighted by Gasteiger charge is -2.04. The molecule has 0 aliphatic heterocycles. The second-order valence-corrected chi connectivity index (χ2v) is 4.47. The average molecular weight is 279 g/mol. The molecule has 7 nitrogen and oxygen atoms in total. The topological polar surface area (TPSA) is 105 Å². The number of hydrogen-bond donors (Lipinski definition) is 2. The SMILES string of the molecule is O=C(O)c1ncsc1NCc1cccc([N+](=O)[O-])c1. The Kier molecular flexibility index (Phi) is 3.71. The first-order valence-corrected chi connectivity index (χ1v) is 6.10. The van der Waals surface area contributed by atoms with Crippen LogP contribution in [0.3, 0.4) is 0 Å². The number of carbonyl (C=O) groups is 1. The fraction of sp³-hybridized carbons (Fsp3) is 0.0909. The van der Waals surface area contributed by atoms with E-state index >= 15 is 0 Å². The number of thiazole rings is 1. The molecule has 2 aromatic rings. The minimum atomic E-state index is -1.11. The molecule has 1 aromatic carbocycles. The Morgan fingerprint density at radius 2 is 2.32 bits per heavy atom. The Labute approximate surface area is 111 Å². The van der Waals surface area contributed by atoms with Crippen molar-refractivity contribution in [2.24, 2.45) is 0 Å². The Morgan fingerprint density at radius 1 is 1.53 bits per heavy atom. The molecule has 0 unspecified atom stereocenters. The van der Waals surface area contributed by atoms with Gasteiger partial charge >= 0.3 is 5.97 Å². The minimum Gasteiger partial charge on any atom is -0.476 e. The van der Waals surface area contributed by atoms with Crippen molar-refractivity contribution in [1.29, 1.82) is 0 Å². The molecule has 0 amide bonds. The first-order valence-electron chi connectivity index (χ1n) is 5.22. The summed E-state index contributed by atoms with van der Waals surface area (Å²) in [6.45, 7) is 0.296. The van der Waals surface area contributed by atoms with E-state index in [1.807, 2.05) is 0 Å². The first-order chi connectivity index (χ1) is 9.08. The summed E-state index contributed by atoms with van der Waals surface area (Å²) in [7, 11) is 0. The summed E-state index contributed by atoms with van der Waals surface area (Å²) in [5, 5.41) is 22.9. The Bertz CT molecular complexity index is 626. The van der Waals surface area contributed by atoms with Gasteiger partial charge in [-0.2, -0.15) is 0 Å². The van der Waals surface area contributed by atoms with E-state index in [0.717, 1.165) is 0 Å². The van der Waals surface area contributed by atoms with Gasteiger partial charge in [0.15, 0.2) is 5.69 Å². The molecule has 0 aliphatic carbocycles. The third kappa shape index (κ3) is 3.05. The molecular weight excluding hydrogens is 270 g/mol. The number of anilines is 1. The number of rotatable bonds is 5. The van der Waals surface area contributed by atoms with Gasteiger partial charge in [0.25, 0.3) is 5.69 Å². The molecule has 1 heterocycles. The number of aromatic carboxylic acids is 1. The zero-order valence-electron chi connectivity index (χ0n) is 9.57. The van der Waals surface area contributed by atoms with Gasteiger partial charge in [-0.3, -0.25) is 10.1 Å². The van der Waals surface area contributed by atoms with E-state index in [9.17, 15) is 14.9 Å². The maximum absolute atomic E-state index is 10.9. The third-order valence-electron chi connectivity index (χ3n) is 2.34. The van der Waals surface area contributed by atoms with Crippen LogP contribution >= 0.6 is 11.3 Å². The molecule has 0 saturated heterocycles. The fourth-order valence-corrected chi connectivity index (χ4v) is 2.16. The lowest BCUT2D eigenvalue weighted by atomic mass is 10.2. The average Bonchev–Trinajstić information content (AvgIpc) is 2.85. The van der Waals surface area contributed by atoms with E-state index in [1.54, 1.807) is 12.1 Å². The summed E-state index contributed by atoms with van der Waals surface area (Å²) in [5.41, 5.74) is 2.08. The van der Waals surface area contributed by atoms with Gasteiger partial charge in [-0.15, -0.1) is 11.3 Å². The highest BCUT2D eigenvalue weighted by atomic mass is 32.1. The second-order valence-electron chi connectivity index (χ2n) is 3.62. The first kappa shape index (κ1) is 13.0. The summed E-state index contributed by atoms with van der Waals surface area (Å²) in [5.74, 6) is -1.11. The number of nitro benzene ring substituents is 1. The van der Waals surface area contributed by atoms with Crippen molar-refractivity contribution < 1.29 is 14.8 Å². The van der Waals surface area contributed by atoms with Crippen LogP contribution in [0.25, 0.3) is 0 Å². The van der Waals surface area contributed by atoms with Crippen molar-refractivity contribution in [3.8, 4) is 0 Å². The summed E-state index contributed by atoms with van der Waals surface area (Å²) in [4.78, 5) is 24.7. The van der Waals surface area contributed by atoms with E-state index in [-0.39, 0.29) is 11.4 Å². The van der Waals surface area contributed by atoms with Crippen molar-refractivity contribution in [2.75, 3.05) is 5.32 Å². The molecule has 0 bridgehead atoms. The van der Waals surface area contributed by atoms with Crippen molar-refractivity contribution in [3.63, 3.8) is 0 Å². The van der Waals surface area contributed by atoms with Crippen LogP contribution in [-0.2, 0) is 6.54 Å². The zero-order chi connectivity index (χ0) is 13.8. The maximum Gasteiger partial charge on any atom is 0.357 e. The highest BCUT2D eigenvalue weighted by Gasteiger charge is 2.13. The van der Waals surface area contributed by atoms with Crippen LogP contribution in [0.5, 0.6) is 0 Å². The highest BCUT2D eigenvalue weighted by molar-refractivity contribution is 7.14. The highest BCUT2D eigenvalue weighted by Crippen LogP contribution is 2.21. The number of hydrogen-bond acceptors (Lipinski definition) is 6. The minimum absolute atomic E-state index is 0.00191. The molecule has 2 N–H and O–H groups in total. The number of nitrogens with one attached hydrogen (secondary N) is 1. The van der Waals surface area contributed by atoms with Crippen LogP contribution in [0.2, 0.25) is 0 Å². The normalized spacial score (nSPS) is 10.1. The molecule has 0 radical (unpaired) electrons. The molecule has 19 heavy (non-hydrogen) atoms. The Morgan fingerprint density at radius 3 is 3.00 bits per heavy atom.